The zero-order valence-corrected chi connectivity index (χ0v) is 17.6. The van der Waals surface area contributed by atoms with Gasteiger partial charge in [0.05, 0.1) is 11.8 Å². The largest absolute Gasteiger partial charge is 0.371 e. The fourth-order valence-corrected chi connectivity index (χ4v) is 5.86. The summed E-state index contributed by atoms with van der Waals surface area (Å²) in [5.41, 5.74) is 3.46. The third kappa shape index (κ3) is 3.20. The molecule has 2 N–H and O–H groups in total. The molecule has 7 heteroatoms. The molecule has 1 aromatic carbocycles. The Labute approximate surface area is 177 Å². The lowest BCUT2D eigenvalue weighted by molar-refractivity contribution is -0.139. The Morgan fingerprint density at radius 2 is 1.77 bits per heavy atom. The molecule has 1 spiro atoms. The van der Waals surface area contributed by atoms with Gasteiger partial charge in [-0.15, -0.1) is 0 Å². The van der Waals surface area contributed by atoms with Gasteiger partial charge in [-0.2, -0.15) is 0 Å². The van der Waals surface area contributed by atoms with E-state index in [-0.39, 0.29) is 17.7 Å². The molecule has 3 amide bonds. The summed E-state index contributed by atoms with van der Waals surface area (Å²) >= 11 is 0. The maximum Gasteiger partial charge on any atom is 0.235 e. The first-order valence-electron chi connectivity index (χ1n) is 11.2. The van der Waals surface area contributed by atoms with Crippen molar-refractivity contribution in [2.24, 2.45) is 11.3 Å². The summed E-state index contributed by atoms with van der Waals surface area (Å²) in [7, 11) is 1.79. The summed E-state index contributed by atoms with van der Waals surface area (Å²) < 4.78 is 0. The molecule has 7 nitrogen and oxygen atoms in total. The number of likely N-dealkylation sites (N-methyl/N-ethyl adjacent to an activating group) is 1. The molecule has 2 atom stereocenters. The van der Waals surface area contributed by atoms with Gasteiger partial charge < -0.3 is 15.1 Å². The standard InChI is InChI=1S/C23H30N4O3/c1-26-18-14-15(27-12-8-23(9-13-27)6-10-24-11-7-23)2-3-16(18)20(22(26)30)17-4-5-19(28)25-21(17)29/h2-3,14,17,20,24H,4-13H2,1H3,(H,25,28,29). The Hall–Kier alpha value is -2.41. The van der Waals surface area contributed by atoms with Crippen LogP contribution in [0.25, 0.3) is 0 Å². The Bertz CT molecular complexity index is 882. The van der Waals surface area contributed by atoms with Crippen LogP contribution in [0.5, 0.6) is 0 Å². The van der Waals surface area contributed by atoms with E-state index in [4.69, 9.17) is 0 Å². The van der Waals surface area contributed by atoms with Crippen LogP contribution in [0.2, 0.25) is 0 Å². The first kappa shape index (κ1) is 19.5. The number of rotatable bonds is 2. The van der Waals surface area contributed by atoms with E-state index in [2.05, 4.69) is 27.7 Å². The van der Waals surface area contributed by atoms with Crippen molar-refractivity contribution < 1.29 is 14.4 Å². The molecule has 3 fully saturated rings. The van der Waals surface area contributed by atoms with Crippen molar-refractivity contribution in [2.45, 2.75) is 44.4 Å². The number of nitrogens with one attached hydrogen (secondary N) is 2. The average Bonchev–Trinajstić information content (AvgIpc) is 2.99. The SMILES string of the molecule is CN1C(=O)C(C2CCC(=O)NC2=O)c2ccc(N3CCC4(CCNCC4)CC3)cc21. The lowest BCUT2D eigenvalue weighted by atomic mass is 9.71. The summed E-state index contributed by atoms with van der Waals surface area (Å²) in [4.78, 5) is 41.1. The molecular weight excluding hydrogens is 380 g/mol. The minimum atomic E-state index is -0.494. The Morgan fingerprint density at radius 3 is 2.47 bits per heavy atom. The number of carbonyl (C=O) groups is 3. The van der Waals surface area contributed by atoms with Gasteiger partial charge in [0, 0.05) is 37.9 Å². The van der Waals surface area contributed by atoms with Crippen molar-refractivity contribution in [3.05, 3.63) is 23.8 Å². The Morgan fingerprint density at radius 1 is 1.03 bits per heavy atom. The highest BCUT2D eigenvalue weighted by Gasteiger charge is 2.45. The zero-order chi connectivity index (χ0) is 20.9. The third-order valence-electron chi connectivity index (χ3n) is 7.84. The Balaban J connectivity index is 1.36. The molecule has 160 valence electrons. The molecular formula is C23H30N4O3. The van der Waals surface area contributed by atoms with E-state index >= 15 is 0 Å². The van der Waals surface area contributed by atoms with E-state index < -0.39 is 11.8 Å². The molecule has 4 aliphatic rings. The van der Waals surface area contributed by atoms with E-state index in [0.717, 1.165) is 43.1 Å². The summed E-state index contributed by atoms with van der Waals surface area (Å²) in [5.74, 6) is -1.59. The second-order valence-electron chi connectivity index (χ2n) is 9.41. The van der Waals surface area contributed by atoms with Crippen LogP contribution in [0.15, 0.2) is 18.2 Å². The number of imide groups is 1. The van der Waals surface area contributed by atoms with Gasteiger partial charge in [0.1, 0.15) is 0 Å². The third-order valence-corrected chi connectivity index (χ3v) is 7.84. The zero-order valence-electron chi connectivity index (χ0n) is 17.6. The van der Waals surface area contributed by atoms with Crippen molar-refractivity contribution in [2.75, 3.05) is 43.0 Å². The van der Waals surface area contributed by atoms with Crippen LogP contribution >= 0.6 is 0 Å². The van der Waals surface area contributed by atoms with E-state index in [1.165, 1.54) is 25.7 Å². The number of amides is 3. The monoisotopic (exact) mass is 410 g/mol. The molecule has 3 saturated heterocycles. The molecule has 0 bridgehead atoms. The van der Waals surface area contributed by atoms with Crippen molar-refractivity contribution in [1.29, 1.82) is 0 Å². The van der Waals surface area contributed by atoms with Gasteiger partial charge in [-0.25, -0.2) is 0 Å². The average molecular weight is 411 g/mol. The summed E-state index contributed by atoms with van der Waals surface area (Å²) in [6, 6.07) is 6.24. The predicted octanol–water partition coefficient (Wildman–Crippen LogP) is 1.77. The van der Waals surface area contributed by atoms with Gasteiger partial charge in [-0.3, -0.25) is 19.7 Å². The summed E-state index contributed by atoms with van der Waals surface area (Å²) in [6.07, 6.45) is 5.71. The van der Waals surface area contributed by atoms with Crippen molar-refractivity contribution in [3.63, 3.8) is 0 Å². The molecule has 0 saturated carbocycles. The highest BCUT2D eigenvalue weighted by atomic mass is 16.2. The topological polar surface area (TPSA) is 81.8 Å². The second kappa shape index (κ2) is 7.38. The quantitative estimate of drug-likeness (QED) is 0.727. The number of benzene rings is 1. The first-order chi connectivity index (χ1) is 14.5. The number of hydrogen-bond donors (Lipinski definition) is 2. The van der Waals surface area contributed by atoms with Gasteiger partial charge in [-0.1, -0.05) is 6.07 Å². The van der Waals surface area contributed by atoms with Crippen LogP contribution in [0.3, 0.4) is 0 Å². The summed E-state index contributed by atoms with van der Waals surface area (Å²) in [6.45, 7) is 4.36. The molecule has 0 radical (unpaired) electrons. The number of hydrogen-bond acceptors (Lipinski definition) is 5. The molecule has 2 unspecified atom stereocenters. The molecule has 30 heavy (non-hydrogen) atoms. The Kier molecular flexibility index (Phi) is 4.81. The fourth-order valence-electron chi connectivity index (χ4n) is 5.86. The maximum atomic E-state index is 13.0. The summed E-state index contributed by atoms with van der Waals surface area (Å²) in [5, 5.41) is 5.88. The van der Waals surface area contributed by atoms with Crippen LogP contribution in [0.1, 0.15) is 50.0 Å². The minimum Gasteiger partial charge on any atom is -0.371 e. The van der Waals surface area contributed by atoms with E-state index in [1.807, 2.05) is 6.07 Å². The fraction of sp³-hybridized carbons (Fsp3) is 0.609. The number of fused-ring (bicyclic) bond motifs is 1. The van der Waals surface area contributed by atoms with Crippen LogP contribution in [0, 0.1) is 11.3 Å². The van der Waals surface area contributed by atoms with Crippen LogP contribution in [-0.4, -0.2) is 50.9 Å². The highest BCUT2D eigenvalue weighted by Crippen LogP contribution is 2.46. The molecule has 4 heterocycles. The second-order valence-corrected chi connectivity index (χ2v) is 9.41. The van der Waals surface area contributed by atoms with Gasteiger partial charge >= 0.3 is 0 Å². The van der Waals surface area contributed by atoms with Crippen molar-refractivity contribution in [3.8, 4) is 0 Å². The van der Waals surface area contributed by atoms with Gasteiger partial charge in [-0.05, 0) is 68.3 Å². The highest BCUT2D eigenvalue weighted by molar-refractivity contribution is 6.09. The number of piperidine rings is 3. The van der Waals surface area contributed by atoms with Crippen molar-refractivity contribution in [1.82, 2.24) is 10.6 Å². The van der Waals surface area contributed by atoms with Gasteiger partial charge in [0.15, 0.2) is 0 Å². The molecule has 4 aliphatic heterocycles. The van der Waals surface area contributed by atoms with Gasteiger partial charge in [0.2, 0.25) is 17.7 Å². The minimum absolute atomic E-state index is 0.0519. The predicted molar refractivity (Wildman–Crippen MR) is 114 cm³/mol. The molecule has 0 aliphatic carbocycles. The van der Waals surface area contributed by atoms with Crippen LogP contribution in [0.4, 0.5) is 11.4 Å². The van der Waals surface area contributed by atoms with Crippen LogP contribution < -0.4 is 20.4 Å². The van der Waals surface area contributed by atoms with E-state index in [0.29, 0.717) is 18.3 Å². The van der Waals surface area contributed by atoms with Gasteiger partial charge in [0.25, 0.3) is 0 Å². The lowest BCUT2D eigenvalue weighted by Crippen LogP contribution is -2.45. The number of carbonyl (C=O) groups excluding carboxylic acids is 3. The normalized spacial score (nSPS) is 28.6. The van der Waals surface area contributed by atoms with E-state index in [1.54, 1.807) is 11.9 Å². The molecule has 5 rings (SSSR count). The van der Waals surface area contributed by atoms with Crippen LogP contribution in [-0.2, 0) is 14.4 Å². The first-order valence-corrected chi connectivity index (χ1v) is 11.2. The molecule has 1 aromatic rings. The van der Waals surface area contributed by atoms with E-state index in [9.17, 15) is 14.4 Å². The van der Waals surface area contributed by atoms with Crippen molar-refractivity contribution >= 4 is 29.1 Å². The maximum absolute atomic E-state index is 13.0. The number of nitrogens with zero attached hydrogens (tertiary/aromatic N) is 2. The number of anilines is 2. The molecule has 0 aromatic heterocycles. The smallest absolute Gasteiger partial charge is 0.235 e. The lowest BCUT2D eigenvalue weighted by Gasteiger charge is -2.45.